The minimum Gasteiger partial charge on any atom is -0.421 e. The topological polar surface area (TPSA) is 98.5 Å². The first-order chi connectivity index (χ1) is 13.6. The Kier molecular flexibility index (Phi) is 4.51. The third-order valence-electron chi connectivity index (χ3n) is 3.97. The summed E-state index contributed by atoms with van der Waals surface area (Å²) in [5.74, 6) is -0.353. The molecule has 2 aromatic carbocycles. The highest BCUT2D eigenvalue weighted by Crippen LogP contribution is 2.17. The highest BCUT2D eigenvalue weighted by atomic mass is 16.5. The van der Waals surface area contributed by atoms with Gasteiger partial charge in [0.2, 0.25) is 0 Å². The Balaban J connectivity index is 1.44. The average molecular weight is 373 g/mol. The van der Waals surface area contributed by atoms with Crippen LogP contribution in [0.1, 0.15) is 26.7 Å². The van der Waals surface area contributed by atoms with Crippen LogP contribution >= 0.6 is 0 Å². The molecule has 0 bridgehead atoms. The summed E-state index contributed by atoms with van der Waals surface area (Å²) in [5.41, 5.74) is 1.94. The molecule has 4 rings (SSSR count). The fraction of sp³-hybridized carbons (Fsp3) is 0.0500. The quantitative estimate of drug-likeness (QED) is 0.436. The zero-order chi connectivity index (χ0) is 19.5. The molecule has 0 radical (unpaired) electrons. The maximum atomic E-state index is 12.3. The number of aromatic nitrogens is 4. The van der Waals surface area contributed by atoms with Gasteiger partial charge in [0.15, 0.2) is 0 Å². The van der Waals surface area contributed by atoms with Gasteiger partial charge in [0, 0.05) is 23.1 Å². The van der Waals surface area contributed by atoms with Crippen molar-refractivity contribution >= 4 is 23.3 Å². The summed E-state index contributed by atoms with van der Waals surface area (Å²) in [6, 6.07) is 17.1. The van der Waals surface area contributed by atoms with Crippen molar-refractivity contribution in [3.8, 4) is 5.75 Å². The van der Waals surface area contributed by atoms with Crippen molar-refractivity contribution in [2.45, 2.75) is 6.92 Å². The summed E-state index contributed by atoms with van der Waals surface area (Å²) in [6.07, 6.45) is 1.59. The number of benzene rings is 2. The molecule has 0 aliphatic rings. The predicted octanol–water partition coefficient (Wildman–Crippen LogP) is 2.90. The molecular weight excluding hydrogens is 358 g/mol. The number of fused-ring (bicyclic) bond motifs is 1. The molecule has 8 heteroatoms. The molecule has 8 nitrogen and oxygen atoms in total. The van der Waals surface area contributed by atoms with Crippen LogP contribution in [-0.4, -0.2) is 31.5 Å². The molecule has 0 aliphatic carbocycles. The average Bonchev–Trinajstić information content (AvgIpc) is 3.16. The molecule has 0 saturated heterocycles. The second-order valence-corrected chi connectivity index (χ2v) is 5.97. The summed E-state index contributed by atoms with van der Waals surface area (Å²) in [6.45, 7) is 1.83. The molecule has 0 fully saturated rings. The largest absolute Gasteiger partial charge is 0.421 e. The van der Waals surface area contributed by atoms with E-state index >= 15 is 0 Å². The van der Waals surface area contributed by atoms with E-state index in [2.05, 4.69) is 20.4 Å². The lowest BCUT2D eigenvalue weighted by molar-refractivity contribution is 0.0722. The fourth-order valence-corrected chi connectivity index (χ4v) is 2.54. The van der Waals surface area contributed by atoms with Crippen molar-refractivity contribution in [2.24, 2.45) is 0 Å². The maximum Gasteiger partial charge on any atom is 0.383 e. The van der Waals surface area contributed by atoms with Crippen molar-refractivity contribution in [3.05, 3.63) is 83.9 Å². The number of carbonyl (C=O) groups is 2. The molecule has 2 heterocycles. The summed E-state index contributed by atoms with van der Waals surface area (Å²) in [7, 11) is 0. The molecule has 0 spiro atoms. The van der Waals surface area contributed by atoms with Crippen molar-refractivity contribution in [1.82, 2.24) is 19.6 Å². The van der Waals surface area contributed by atoms with Crippen molar-refractivity contribution in [1.29, 1.82) is 0 Å². The standard InChI is InChI=1S/C20H15N5O3/c1-13-11-12-21-20-23-17(24-25(13)20)19(27)28-16-9-7-15(8-10-16)22-18(26)14-5-3-2-4-6-14/h2-12H,1H3,(H,22,26). The molecule has 4 aromatic rings. The van der Waals surface area contributed by atoms with Crippen molar-refractivity contribution in [2.75, 3.05) is 5.32 Å². The van der Waals surface area contributed by atoms with E-state index in [1.54, 1.807) is 60.8 Å². The van der Waals surface area contributed by atoms with Gasteiger partial charge in [-0.05, 0) is 49.4 Å². The van der Waals surface area contributed by atoms with Crippen LogP contribution in [-0.2, 0) is 0 Å². The normalized spacial score (nSPS) is 10.6. The third kappa shape index (κ3) is 3.56. The number of esters is 1. The summed E-state index contributed by atoms with van der Waals surface area (Å²) in [5, 5.41) is 6.89. The van der Waals surface area contributed by atoms with Gasteiger partial charge in [0.1, 0.15) is 5.75 Å². The van der Waals surface area contributed by atoms with Crippen LogP contribution in [0.25, 0.3) is 5.78 Å². The number of carbonyl (C=O) groups excluding carboxylic acids is 2. The molecule has 0 atom stereocenters. The number of hydrogen-bond acceptors (Lipinski definition) is 6. The first-order valence-corrected chi connectivity index (χ1v) is 8.47. The van der Waals surface area contributed by atoms with Gasteiger partial charge in [0.25, 0.3) is 17.5 Å². The van der Waals surface area contributed by atoms with E-state index in [4.69, 9.17) is 4.74 Å². The highest BCUT2D eigenvalue weighted by Gasteiger charge is 2.17. The lowest BCUT2D eigenvalue weighted by atomic mass is 10.2. The number of nitrogens with zero attached hydrogens (tertiary/aromatic N) is 4. The van der Waals surface area contributed by atoms with E-state index in [9.17, 15) is 9.59 Å². The Bertz CT molecular complexity index is 1150. The van der Waals surface area contributed by atoms with Gasteiger partial charge in [0.05, 0.1) is 0 Å². The SMILES string of the molecule is Cc1ccnc2nc(C(=O)Oc3ccc(NC(=O)c4ccccc4)cc3)nn12. The van der Waals surface area contributed by atoms with Crippen LogP contribution in [0.2, 0.25) is 0 Å². The van der Waals surface area contributed by atoms with Gasteiger partial charge in [-0.25, -0.2) is 14.3 Å². The van der Waals surface area contributed by atoms with Gasteiger partial charge in [-0.15, -0.1) is 5.10 Å². The van der Waals surface area contributed by atoms with Crippen LogP contribution < -0.4 is 10.1 Å². The Morgan fingerprint density at radius 3 is 2.46 bits per heavy atom. The first-order valence-electron chi connectivity index (χ1n) is 8.47. The van der Waals surface area contributed by atoms with Crippen molar-refractivity contribution in [3.63, 3.8) is 0 Å². The van der Waals surface area contributed by atoms with Gasteiger partial charge < -0.3 is 10.1 Å². The van der Waals surface area contributed by atoms with Gasteiger partial charge in [-0.2, -0.15) is 4.98 Å². The van der Waals surface area contributed by atoms with Gasteiger partial charge in [-0.1, -0.05) is 18.2 Å². The van der Waals surface area contributed by atoms with Crippen LogP contribution in [0.5, 0.6) is 5.75 Å². The lowest BCUT2D eigenvalue weighted by Gasteiger charge is -2.06. The molecule has 28 heavy (non-hydrogen) atoms. The van der Waals surface area contributed by atoms with E-state index < -0.39 is 5.97 Å². The number of nitrogens with one attached hydrogen (secondary N) is 1. The van der Waals surface area contributed by atoms with E-state index in [0.717, 1.165) is 5.69 Å². The number of anilines is 1. The minimum atomic E-state index is -0.689. The molecule has 0 aliphatic heterocycles. The smallest absolute Gasteiger partial charge is 0.383 e. The first kappa shape index (κ1) is 17.3. The molecule has 2 aromatic heterocycles. The van der Waals surface area contributed by atoms with E-state index in [-0.39, 0.29) is 11.7 Å². The third-order valence-corrected chi connectivity index (χ3v) is 3.97. The molecule has 1 amide bonds. The molecule has 0 unspecified atom stereocenters. The van der Waals surface area contributed by atoms with E-state index in [0.29, 0.717) is 22.8 Å². The number of hydrogen-bond donors (Lipinski definition) is 1. The molecule has 1 N–H and O–H groups in total. The van der Waals surface area contributed by atoms with Gasteiger partial charge >= 0.3 is 5.97 Å². The summed E-state index contributed by atoms with van der Waals surface area (Å²) >= 11 is 0. The number of amides is 1. The van der Waals surface area contributed by atoms with Crippen LogP contribution in [0.3, 0.4) is 0 Å². The molecular formula is C20H15N5O3. The maximum absolute atomic E-state index is 12.3. The lowest BCUT2D eigenvalue weighted by Crippen LogP contribution is -2.12. The predicted molar refractivity (Wildman–Crippen MR) is 101 cm³/mol. The minimum absolute atomic E-state index is 0.0803. The zero-order valence-electron chi connectivity index (χ0n) is 14.9. The van der Waals surface area contributed by atoms with Gasteiger partial charge in [-0.3, -0.25) is 4.79 Å². The van der Waals surface area contributed by atoms with Crippen LogP contribution in [0, 0.1) is 6.92 Å². The number of ether oxygens (including phenoxy) is 1. The van der Waals surface area contributed by atoms with Crippen LogP contribution in [0.4, 0.5) is 5.69 Å². The zero-order valence-corrected chi connectivity index (χ0v) is 14.9. The Morgan fingerprint density at radius 1 is 1.00 bits per heavy atom. The molecule has 0 saturated carbocycles. The van der Waals surface area contributed by atoms with Crippen molar-refractivity contribution < 1.29 is 14.3 Å². The van der Waals surface area contributed by atoms with Crippen LogP contribution in [0.15, 0.2) is 66.9 Å². The highest BCUT2D eigenvalue weighted by molar-refractivity contribution is 6.04. The number of aryl methyl sites for hydroxylation is 1. The Morgan fingerprint density at radius 2 is 1.75 bits per heavy atom. The fourth-order valence-electron chi connectivity index (χ4n) is 2.54. The number of rotatable bonds is 4. The van der Waals surface area contributed by atoms with E-state index in [1.165, 1.54) is 4.52 Å². The Hall–Kier alpha value is -4.07. The second-order valence-electron chi connectivity index (χ2n) is 5.97. The molecule has 138 valence electrons. The summed E-state index contributed by atoms with van der Waals surface area (Å²) in [4.78, 5) is 32.6. The second kappa shape index (κ2) is 7.28. The van der Waals surface area contributed by atoms with E-state index in [1.807, 2.05) is 13.0 Å². The monoisotopic (exact) mass is 373 g/mol. The summed E-state index contributed by atoms with van der Waals surface area (Å²) < 4.78 is 6.77. The Labute approximate surface area is 159 Å².